The summed E-state index contributed by atoms with van der Waals surface area (Å²) in [4.78, 5) is 11.1. The molecule has 1 N–H and O–H groups in total. The van der Waals surface area contributed by atoms with Crippen LogP contribution in [0.5, 0.6) is 17.2 Å². The predicted octanol–water partition coefficient (Wildman–Crippen LogP) is 4.48. The fourth-order valence-corrected chi connectivity index (χ4v) is 1.91. The van der Waals surface area contributed by atoms with Crippen LogP contribution < -0.4 is 9.47 Å². The molecule has 0 amide bonds. The number of aromatic carboxylic acids is 1. The van der Waals surface area contributed by atoms with Crippen LogP contribution in [-0.4, -0.2) is 18.2 Å². The molecule has 0 spiro atoms. The molecule has 0 fully saturated rings. The van der Waals surface area contributed by atoms with Crippen LogP contribution in [0.3, 0.4) is 0 Å². The summed E-state index contributed by atoms with van der Waals surface area (Å²) < 4.78 is 75.0. The third-order valence-corrected chi connectivity index (χ3v) is 2.97. The van der Waals surface area contributed by atoms with Gasteiger partial charge in [0.15, 0.2) is 17.3 Å². The Bertz CT molecular complexity index is 786. The number of rotatable bonds is 4. The highest BCUT2D eigenvalue weighted by Gasteiger charge is 2.37. The molecular weight excluding hydrogens is 339 g/mol. The molecule has 0 heterocycles. The van der Waals surface area contributed by atoms with Crippen LogP contribution in [0.15, 0.2) is 30.3 Å². The van der Waals surface area contributed by atoms with Crippen molar-refractivity contribution < 1.29 is 41.3 Å². The number of ether oxygens (including phenoxy) is 2. The molecule has 24 heavy (non-hydrogen) atoms. The van der Waals surface area contributed by atoms with Gasteiger partial charge in [-0.3, -0.25) is 0 Å². The van der Waals surface area contributed by atoms with Crippen molar-refractivity contribution in [3.63, 3.8) is 0 Å². The number of carbonyl (C=O) groups is 1. The molecule has 2 rings (SSSR count). The van der Waals surface area contributed by atoms with E-state index in [0.29, 0.717) is 12.1 Å². The van der Waals surface area contributed by atoms with Crippen molar-refractivity contribution >= 4 is 5.97 Å². The zero-order valence-electron chi connectivity index (χ0n) is 11.9. The minimum atomic E-state index is -5.07. The van der Waals surface area contributed by atoms with Gasteiger partial charge in [-0.1, -0.05) is 0 Å². The molecule has 0 saturated heterocycles. The number of benzene rings is 2. The number of carboxylic acids is 1. The first-order valence-corrected chi connectivity index (χ1v) is 6.29. The van der Waals surface area contributed by atoms with E-state index in [9.17, 15) is 26.7 Å². The van der Waals surface area contributed by atoms with Crippen molar-refractivity contribution in [3.8, 4) is 17.2 Å². The van der Waals surface area contributed by atoms with Crippen LogP contribution in [0.1, 0.15) is 15.9 Å². The maximum absolute atomic E-state index is 14.0. The number of halogens is 5. The minimum absolute atomic E-state index is 0.147. The Kier molecular flexibility index (Phi) is 4.63. The van der Waals surface area contributed by atoms with Crippen molar-refractivity contribution in [1.29, 1.82) is 0 Å². The average Bonchev–Trinajstić information content (AvgIpc) is 2.47. The maximum Gasteiger partial charge on any atom is 0.419 e. The summed E-state index contributed by atoms with van der Waals surface area (Å²) in [6.07, 6.45) is -5.07. The topological polar surface area (TPSA) is 55.8 Å². The Morgan fingerprint density at radius 1 is 1.04 bits per heavy atom. The number of hydrogen-bond acceptors (Lipinski definition) is 3. The van der Waals surface area contributed by atoms with Gasteiger partial charge in [0.25, 0.3) is 0 Å². The van der Waals surface area contributed by atoms with Crippen LogP contribution in [-0.2, 0) is 6.18 Å². The third kappa shape index (κ3) is 3.39. The van der Waals surface area contributed by atoms with E-state index in [1.54, 1.807) is 0 Å². The van der Waals surface area contributed by atoms with Gasteiger partial charge in [-0.05, 0) is 24.3 Å². The molecular formula is C15H9F5O4. The number of carboxylic acid groups (broad SMARTS) is 1. The molecule has 2 aromatic carbocycles. The molecule has 2 aromatic rings. The average molecular weight is 348 g/mol. The molecule has 0 aromatic heterocycles. The van der Waals surface area contributed by atoms with E-state index in [1.165, 1.54) is 7.11 Å². The third-order valence-electron chi connectivity index (χ3n) is 2.97. The standard InChI is InChI=1S/C15H9F5O4/c1-23-11-6-7(16)2-4-9(11)24-10-5-3-8(15(18,19)20)13(17)12(10)14(21)22/h2-6H,1H3,(H,21,22). The van der Waals surface area contributed by atoms with Crippen LogP contribution in [0, 0.1) is 11.6 Å². The molecule has 0 unspecified atom stereocenters. The Morgan fingerprint density at radius 3 is 2.21 bits per heavy atom. The summed E-state index contributed by atoms with van der Waals surface area (Å²) in [7, 11) is 1.17. The van der Waals surface area contributed by atoms with Gasteiger partial charge in [-0.2, -0.15) is 13.2 Å². The summed E-state index contributed by atoms with van der Waals surface area (Å²) >= 11 is 0. The lowest BCUT2D eigenvalue weighted by atomic mass is 10.1. The molecule has 0 atom stereocenters. The number of methoxy groups -OCH3 is 1. The normalized spacial score (nSPS) is 11.2. The summed E-state index contributed by atoms with van der Waals surface area (Å²) in [6, 6.07) is 3.95. The largest absolute Gasteiger partial charge is 0.493 e. The Morgan fingerprint density at radius 2 is 1.67 bits per heavy atom. The van der Waals surface area contributed by atoms with Gasteiger partial charge in [-0.25, -0.2) is 13.6 Å². The van der Waals surface area contributed by atoms with Gasteiger partial charge < -0.3 is 14.6 Å². The molecule has 0 aliphatic carbocycles. The van der Waals surface area contributed by atoms with E-state index in [2.05, 4.69) is 0 Å². The summed E-state index contributed by atoms with van der Waals surface area (Å²) in [6.45, 7) is 0. The predicted molar refractivity (Wildman–Crippen MR) is 71.4 cm³/mol. The fourth-order valence-electron chi connectivity index (χ4n) is 1.91. The zero-order chi connectivity index (χ0) is 18.1. The number of hydrogen-bond donors (Lipinski definition) is 1. The van der Waals surface area contributed by atoms with E-state index < -0.39 is 40.7 Å². The Hall–Kier alpha value is -2.84. The summed E-state index contributed by atoms with van der Waals surface area (Å²) in [5.41, 5.74) is -3.03. The first kappa shape index (κ1) is 17.5. The first-order chi connectivity index (χ1) is 11.1. The van der Waals surface area contributed by atoms with Gasteiger partial charge in [0, 0.05) is 6.07 Å². The summed E-state index contributed by atoms with van der Waals surface area (Å²) in [5.74, 6) is -5.63. The highest BCUT2D eigenvalue weighted by atomic mass is 19.4. The molecule has 4 nitrogen and oxygen atoms in total. The SMILES string of the molecule is COc1cc(F)ccc1Oc1ccc(C(F)(F)F)c(F)c1C(=O)O. The summed E-state index contributed by atoms with van der Waals surface area (Å²) in [5, 5.41) is 9.01. The van der Waals surface area contributed by atoms with Crippen LogP contribution in [0.4, 0.5) is 22.0 Å². The van der Waals surface area contributed by atoms with Gasteiger partial charge in [0.2, 0.25) is 0 Å². The van der Waals surface area contributed by atoms with E-state index >= 15 is 0 Å². The van der Waals surface area contributed by atoms with Crippen molar-refractivity contribution in [2.45, 2.75) is 6.18 Å². The van der Waals surface area contributed by atoms with Crippen molar-refractivity contribution in [3.05, 3.63) is 53.1 Å². The van der Waals surface area contributed by atoms with Crippen LogP contribution >= 0.6 is 0 Å². The quantitative estimate of drug-likeness (QED) is 0.828. The van der Waals surface area contributed by atoms with Crippen molar-refractivity contribution in [2.75, 3.05) is 7.11 Å². The smallest absolute Gasteiger partial charge is 0.419 e. The van der Waals surface area contributed by atoms with Gasteiger partial charge in [0.1, 0.15) is 17.1 Å². The van der Waals surface area contributed by atoms with Gasteiger partial charge in [-0.15, -0.1) is 0 Å². The Balaban J connectivity index is 2.56. The molecule has 0 radical (unpaired) electrons. The van der Waals surface area contributed by atoms with Crippen molar-refractivity contribution in [2.24, 2.45) is 0 Å². The van der Waals surface area contributed by atoms with Gasteiger partial charge >= 0.3 is 12.1 Å². The molecule has 0 aliphatic rings. The second kappa shape index (κ2) is 6.34. The van der Waals surface area contributed by atoms with Crippen LogP contribution in [0.25, 0.3) is 0 Å². The maximum atomic E-state index is 14.0. The van der Waals surface area contributed by atoms with Crippen molar-refractivity contribution in [1.82, 2.24) is 0 Å². The highest BCUT2D eigenvalue weighted by Crippen LogP contribution is 2.39. The molecule has 0 aliphatic heterocycles. The second-order valence-corrected chi connectivity index (χ2v) is 4.50. The lowest BCUT2D eigenvalue weighted by molar-refractivity contribution is -0.140. The fraction of sp³-hybridized carbons (Fsp3) is 0.133. The lowest BCUT2D eigenvalue weighted by Crippen LogP contribution is -2.13. The second-order valence-electron chi connectivity index (χ2n) is 4.50. The van der Waals surface area contributed by atoms with E-state index in [-0.39, 0.29) is 11.5 Å². The monoisotopic (exact) mass is 348 g/mol. The van der Waals surface area contributed by atoms with Crippen LogP contribution in [0.2, 0.25) is 0 Å². The van der Waals surface area contributed by atoms with E-state index in [1.807, 2.05) is 0 Å². The highest BCUT2D eigenvalue weighted by molar-refractivity contribution is 5.91. The molecule has 128 valence electrons. The first-order valence-electron chi connectivity index (χ1n) is 6.29. The molecule has 9 heteroatoms. The van der Waals surface area contributed by atoms with E-state index in [4.69, 9.17) is 14.6 Å². The zero-order valence-corrected chi connectivity index (χ0v) is 11.9. The van der Waals surface area contributed by atoms with E-state index in [0.717, 1.165) is 18.2 Å². The molecule has 0 bridgehead atoms. The lowest BCUT2D eigenvalue weighted by Gasteiger charge is -2.15. The molecule has 0 saturated carbocycles. The van der Waals surface area contributed by atoms with Gasteiger partial charge in [0.05, 0.1) is 12.7 Å². The minimum Gasteiger partial charge on any atom is -0.493 e. The Labute approximate surface area is 132 Å². The number of alkyl halides is 3.